The lowest BCUT2D eigenvalue weighted by atomic mass is 9.75. The predicted molar refractivity (Wildman–Crippen MR) is 208 cm³/mol. The number of likely N-dealkylation sites (N-methyl/N-ethyl adjacent to an activating group) is 1. The molecule has 0 bridgehead atoms. The molecule has 0 aliphatic carbocycles. The molecule has 57 heavy (non-hydrogen) atoms. The molecule has 2 aromatic heterocycles. The van der Waals surface area contributed by atoms with Crippen LogP contribution in [-0.4, -0.2) is 135 Å². The summed E-state index contributed by atoms with van der Waals surface area (Å²) in [5.74, 6) is -5.05. The van der Waals surface area contributed by atoms with E-state index in [1.165, 1.54) is 19.0 Å². The van der Waals surface area contributed by atoms with Crippen molar-refractivity contribution < 1.29 is 48.0 Å². The number of pyridine rings is 1. The number of esters is 1. The lowest BCUT2D eigenvalue weighted by Gasteiger charge is -2.46. The molecule has 3 saturated heterocycles. The summed E-state index contributed by atoms with van der Waals surface area (Å²) >= 11 is 0. The number of Topliss-reactive ketones (excluding diaryl/α,β-unsaturated/α-hetero) is 2. The monoisotopic (exact) mass is 798 g/mol. The molecular weight excluding hydrogens is 736 g/mol. The number of aliphatic hydroxyl groups is 1. The number of rotatable bonds is 11. The number of hydrogen-bond donors (Lipinski definition) is 2. The zero-order valence-corrected chi connectivity index (χ0v) is 35.0. The number of amides is 1. The highest BCUT2D eigenvalue weighted by atomic mass is 16.7. The maximum absolute atomic E-state index is 14.5. The van der Waals surface area contributed by atoms with Crippen LogP contribution in [0.4, 0.5) is 4.79 Å². The minimum Gasteiger partial charge on any atom is -0.458 e. The van der Waals surface area contributed by atoms with E-state index in [2.05, 4.69) is 15.4 Å². The molecule has 16 heteroatoms. The molecule has 0 radical (unpaired) electrons. The second-order valence-corrected chi connectivity index (χ2v) is 16.4. The largest absolute Gasteiger partial charge is 0.458 e. The van der Waals surface area contributed by atoms with Crippen LogP contribution in [0, 0.1) is 23.7 Å². The second kappa shape index (κ2) is 18.9. The number of aryl methyl sites for hydroxylation is 1. The van der Waals surface area contributed by atoms with Gasteiger partial charge in [0.25, 0.3) is 0 Å². The zero-order chi connectivity index (χ0) is 41.8. The summed E-state index contributed by atoms with van der Waals surface area (Å²) in [5, 5.41) is 12.8. The normalized spacial score (nSPS) is 35.8. The first-order valence-corrected chi connectivity index (χ1v) is 20.1. The smallest absolute Gasteiger partial charge is 0.425 e. The first-order valence-electron chi connectivity index (χ1n) is 20.1. The molecule has 0 aromatic carbocycles. The molecule has 16 nitrogen and oxygen atoms in total. The summed E-state index contributed by atoms with van der Waals surface area (Å²) in [4.78, 5) is 66.7. The van der Waals surface area contributed by atoms with E-state index in [1.807, 2.05) is 48.8 Å². The average molecular weight is 799 g/mol. The highest BCUT2D eigenvalue weighted by Gasteiger charge is 2.54. The fraction of sp³-hybridized carbons (Fsp3) is 0.707. The van der Waals surface area contributed by atoms with Gasteiger partial charge in [0.2, 0.25) is 0 Å². The highest BCUT2D eigenvalue weighted by Crippen LogP contribution is 2.39. The maximum atomic E-state index is 14.5. The molecule has 5 rings (SSSR count). The Hall–Kier alpha value is -3.80. The van der Waals surface area contributed by atoms with Crippen molar-refractivity contribution in [2.24, 2.45) is 23.7 Å². The molecule has 3 aliphatic rings. The van der Waals surface area contributed by atoms with Crippen molar-refractivity contribution >= 4 is 23.6 Å². The number of hydrazine groups is 1. The first kappa shape index (κ1) is 44.3. The van der Waals surface area contributed by atoms with Gasteiger partial charge in [-0.2, -0.15) is 0 Å². The summed E-state index contributed by atoms with van der Waals surface area (Å²) < 4.78 is 32.7. The molecule has 0 saturated carbocycles. The minimum atomic E-state index is -1.27. The molecule has 3 aliphatic heterocycles. The van der Waals surface area contributed by atoms with Crippen LogP contribution in [0.1, 0.15) is 74.1 Å². The van der Waals surface area contributed by atoms with Crippen LogP contribution in [0.2, 0.25) is 0 Å². The van der Waals surface area contributed by atoms with Crippen LogP contribution in [0.15, 0.2) is 37.1 Å². The summed E-state index contributed by atoms with van der Waals surface area (Å²) in [5.41, 5.74) is 3.62. The number of ketones is 2. The third-order valence-electron chi connectivity index (χ3n) is 12.0. The Morgan fingerprint density at radius 1 is 1.07 bits per heavy atom. The highest BCUT2D eigenvalue weighted by molar-refractivity contribution is 6.00. The van der Waals surface area contributed by atoms with Gasteiger partial charge in [0, 0.05) is 68.1 Å². The van der Waals surface area contributed by atoms with E-state index in [0.29, 0.717) is 25.9 Å². The van der Waals surface area contributed by atoms with Crippen molar-refractivity contribution in [3.8, 4) is 11.3 Å². The fourth-order valence-electron chi connectivity index (χ4n) is 8.62. The number of imidazole rings is 1. The van der Waals surface area contributed by atoms with Crippen molar-refractivity contribution in [3.63, 3.8) is 0 Å². The van der Waals surface area contributed by atoms with Crippen LogP contribution in [-0.2, 0) is 44.6 Å². The number of carbonyl (C=O) groups is 4. The number of cyclic esters (lactones) is 1. The van der Waals surface area contributed by atoms with Crippen molar-refractivity contribution in [1.29, 1.82) is 0 Å². The van der Waals surface area contributed by atoms with E-state index >= 15 is 0 Å². The molecule has 1 amide bonds. The lowest BCUT2D eigenvalue weighted by molar-refractivity contribution is -0.295. The minimum absolute atomic E-state index is 0.117. The van der Waals surface area contributed by atoms with Crippen LogP contribution in [0.5, 0.6) is 0 Å². The number of methoxy groups -OCH3 is 1. The Morgan fingerprint density at radius 2 is 1.81 bits per heavy atom. The van der Waals surface area contributed by atoms with Gasteiger partial charge in [-0.05, 0) is 72.7 Å². The van der Waals surface area contributed by atoms with E-state index in [1.54, 1.807) is 53.3 Å². The Morgan fingerprint density at radius 3 is 2.46 bits per heavy atom. The van der Waals surface area contributed by atoms with E-state index in [-0.39, 0.29) is 30.8 Å². The van der Waals surface area contributed by atoms with Gasteiger partial charge < -0.3 is 38.3 Å². The summed E-state index contributed by atoms with van der Waals surface area (Å²) in [6.07, 6.45) is 2.55. The quantitative estimate of drug-likeness (QED) is 0.191. The van der Waals surface area contributed by atoms with E-state index in [0.717, 1.165) is 11.3 Å². The molecule has 2 N–H and O–H groups in total. The van der Waals surface area contributed by atoms with Gasteiger partial charge in [0.15, 0.2) is 18.2 Å². The van der Waals surface area contributed by atoms with Crippen molar-refractivity contribution in [3.05, 3.63) is 37.1 Å². The van der Waals surface area contributed by atoms with E-state index in [4.69, 9.17) is 23.7 Å². The molecule has 2 unspecified atom stereocenters. The van der Waals surface area contributed by atoms with Gasteiger partial charge in [0.1, 0.15) is 30.0 Å². The van der Waals surface area contributed by atoms with Crippen molar-refractivity contribution in [1.82, 2.24) is 29.9 Å². The molecule has 3 fully saturated rings. The predicted octanol–water partition coefficient (Wildman–Crippen LogP) is 3.65. The summed E-state index contributed by atoms with van der Waals surface area (Å²) in [6.45, 7) is 13.1. The van der Waals surface area contributed by atoms with Gasteiger partial charge in [-0.3, -0.25) is 19.4 Å². The van der Waals surface area contributed by atoms with E-state index in [9.17, 15) is 24.3 Å². The molecule has 2 aromatic rings. The molecule has 5 heterocycles. The molecular formula is C41H62N6O10. The maximum Gasteiger partial charge on any atom is 0.425 e. The molecule has 316 valence electrons. The van der Waals surface area contributed by atoms with Gasteiger partial charge in [-0.15, -0.1) is 0 Å². The van der Waals surface area contributed by atoms with Crippen LogP contribution >= 0.6 is 0 Å². The first-order chi connectivity index (χ1) is 27.0. The van der Waals surface area contributed by atoms with Crippen molar-refractivity contribution in [2.75, 3.05) is 27.7 Å². The van der Waals surface area contributed by atoms with Gasteiger partial charge in [0.05, 0.1) is 29.8 Å². The Balaban J connectivity index is 1.40. The Labute approximate surface area is 335 Å². The third-order valence-corrected chi connectivity index (χ3v) is 12.0. The standard InChI is InChI=1S/C41H62N6O10/c1-11-31-36-32(47(40(52)56-36)44-16-13-17-46-21-29(43-22-46)28-14-12-15-42-20-28)25(4)33(48)23(2)19-41(7,53-10)37(26(5)34(49)27(6)38(51)55-31)57-39-35(50)30(45(8)9)18-24(3)54-39/h12,14-15,20-27,30-32,35-37,39,44,50H,11,13,16-19H2,1-10H3/t23-,24-,25-,26+,27-,30+,31-,32-,35-,36?,37-,39?,41+/m1/s1. The van der Waals surface area contributed by atoms with Crippen LogP contribution < -0.4 is 5.43 Å². The number of fused-ring (bicyclic) bond motifs is 1. The van der Waals surface area contributed by atoms with E-state index < -0.39 is 83.9 Å². The third kappa shape index (κ3) is 9.74. The zero-order valence-electron chi connectivity index (χ0n) is 35.0. The number of aliphatic hydroxyl groups excluding tert-OH is 1. The number of hydrogen-bond acceptors (Lipinski definition) is 14. The fourth-order valence-corrected chi connectivity index (χ4v) is 8.62. The SMILES string of the molecule is CC[C@H]1OC(=O)[C@H](C)C(=O)[C@H](C)[C@@H](OC2O[C@H](C)C[C@H](N(C)C)[C@H]2O)[C@@](C)(OC)C[C@@H](C)C(=O)[C@H](C)[C@@H]2C1OC(=O)N2NCCCn1cnc(-c2cccnc2)c1. The van der Waals surface area contributed by atoms with Gasteiger partial charge >= 0.3 is 12.1 Å². The Kier molecular flexibility index (Phi) is 14.7. The Bertz CT molecular complexity index is 1690. The summed E-state index contributed by atoms with van der Waals surface area (Å²) in [6, 6.07) is 2.66. The number of aromatic nitrogens is 3. The number of nitrogens with zero attached hydrogens (tertiary/aromatic N) is 5. The lowest BCUT2D eigenvalue weighted by Crippen LogP contribution is -2.59. The van der Waals surface area contributed by atoms with Crippen molar-refractivity contribution in [2.45, 2.75) is 135 Å². The van der Waals surface area contributed by atoms with Gasteiger partial charge in [-0.1, -0.05) is 27.7 Å². The molecule has 0 spiro atoms. The molecule has 13 atom stereocenters. The van der Waals surface area contributed by atoms with Gasteiger partial charge in [-0.25, -0.2) is 20.2 Å². The summed E-state index contributed by atoms with van der Waals surface area (Å²) in [7, 11) is 5.22. The topological polar surface area (TPSA) is 184 Å². The number of carbonyl (C=O) groups excluding carboxylic acids is 4. The van der Waals surface area contributed by atoms with Crippen LogP contribution in [0.3, 0.4) is 0 Å². The average Bonchev–Trinajstić information content (AvgIpc) is 3.80. The second-order valence-electron chi connectivity index (χ2n) is 16.4. The van der Waals surface area contributed by atoms with Crippen LogP contribution in [0.25, 0.3) is 11.3 Å². The number of ether oxygens (including phenoxy) is 5. The number of nitrogens with one attached hydrogen (secondary N) is 1.